The number of esters is 1. The topological polar surface area (TPSA) is 26.3 Å². The van der Waals surface area contributed by atoms with E-state index in [0.717, 1.165) is 12.8 Å². The van der Waals surface area contributed by atoms with E-state index in [9.17, 15) is 4.79 Å². The Bertz CT molecular complexity index is 161. The highest BCUT2D eigenvalue weighted by molar-refractivity contribution is 5.86. The van der Waals surface area contributed by atoms with Gasteiger partial charge in [0.25, 0.3) is 0 Å². The van der Waals surface area contributed by atoms with Gasteiger partial charge < -0.3 is 4.74 Å². The number of carbonyl (C=O) groups is 1. The molecule has 0 aromatic rings. The van der Waals surface area contributed by atoms with Gasteiger partial charge in [0.2, 0.25) is 0 Å². The molecule has 0 unspecified atom stereocenters. The van der Waals surface area contributed by atoms with Crippen molar-refractivity contribution in [3.8, 4) is 0 Å². The molecule has 0 aliphatic heterocycles. The van der Waals surface area contributed by atoms with Gasteiger partial charge in [-0.25, -0.2) is 4.79 Å². The lowest BCUT2D eigenvalue weighted by Crippen LogP contribution is -2.05. The Hall–Kier alpha value is -0.790. The molecule has 0 atom stereocenters. The van der Waals surface area contributed by atoms with Crippen LogP contribution < -0.4 is 0 Å². The molecule has 0 saturated carbocycles. The Morgan fingerprint density at radius 1 is 1.23 bits per heavy atom. The van der Waals surface area contributed by atoms with Crippen molar-refractivity contribution in [3.05, 3.63) is 12.2 Å². The fraction of sp³-hybridized carbons (Fsp3) is 0.727. The fourth-order valence-corrected chi connectivity index (χ4v) is 0.994. The van der Waals surface area contributed by atoms with Gasteiger partial charge in [0.15, 0.2) is 0 Å². The van der Waals surface area contributed by atoms with Crippen molar-refractivity contribution in [3.63, 3.8) is 0 Å². The van der Waals surface area contributed by atoms with Crippen LogP contribution in [0, 0.1) is 0 Å². The Morgan fingerprint density at radius 3 is 2.38 bits per heavy atom. The smallest absolute Gasteiger partial charge is 0.333 e. The first kappa shape index (κ1) is 12.2. The second-order valence-electron chi connectivity index (χ2n) is 3.33. The van der Waals surface area contributed by atoms with E-state index in [-0.39, 0.29) is 5.97 Å². The largest absolute Gasteiger partial charge is 0.462 e. The predicted octanol–water partition coefficient (Wildman–Crippen LogP) is 3.08. The van der Waals surface area contributed by atoms with Crippen molar-refractivity contribution in [1.82, 2.24) is 0 Å². The maximum atomic E-state index is 10.9. The zero-order valence-electron chi connectivity index (χ0n) is 8.77. The minimum absolute atomic E-state index is 0.268. The monoisotopic (exact) mass is 184 g/mol. The Balaban J connectivity index is 3.16. The van der Waals surface area contributed by atoms with E-state index < -0.39 is 0 Å². The van der Waals surface area contributed by atoms with Crippen molar-refractivity contribution in [2.24, 2.45) is 0 Å². The molecule has 0 aromatic heterocycles. The van der Waals surface area contributed by atoms with Crippen molar-refractivity contribution in [2.45, 2.75) is 46.0 Å². The molecule has 13 heavy (non-hydrogen) atoms. The van der Waals surface area contributed by atoms with Crippen LogP contribution >= 0.6 is 0 Å². The lowest BCUT2D eigenvalue weighted by atomic mass is 10.2. The van der Waals surface area contributed by atoms with Crippen LogP contribution in [0.3, 0.4) is 0 Å². The lowest BCUT2D eigenvalue weighted by molar-refractivity contribution is -0.139. The van der Waals surface area contributed by atoms with Crippen LogP contribution in [0.1, 0.15) is 46.0 Å². The second-order valence-corrected chi connectivity index (χ2v) is 3.33. The summed E-state index contributed by atoms with van der Waals surface area (Å²) < 4.78 is 4.95. The Kier molecular flexibility index (Phi) is 7.36. The maximum Gasteiger partial charge on any atom is 0.333 e. The fourth-order valence-electron chi connectivity index (χ4n) is 0.994. The van der Waals surface area contributed by atoms with Crippen molar-refractivity contribution in [2.75, 3.05) is 6.61 Å². The van der Waals surface area contributed by atoms with Crippen LogP contribution in [0.2, 0.25) is 0 Å². The van der Waals surface area contributed by atoms with E-state index in [2.05, 4.69) is 13.5 Å². The molecular formula is C11H20O2. The summed E-state index contributed by atoms with van der Waals surface area (Å²) in [5.41, 5.74) is 0.480. The van der Waals surface area contributed by atoms with Gasteiger partial charge in [0, 0.05) is 5.57 Å². The summed E-state index contributed by atoms with van der Waals surface area (Å²) in [6.45, 7) is 7.89. The van der Waals surface area contributed by atoms with Gasteiger partial charge in [-0.1, -0.05) is 39.2 Å². The summed E-state index contributed by atoms with van der Waals surface area (Å²) in [6.07, 6.45) is 5.87. The van der Waals surface area contributed by atoms with E-state index in [4.69, 9.17) is 4.74 Å². The summed E-state index contributed by atoms with van der Waals surface area (Å²) in [7, 11) is 0. The summed E-state index contributed by atoms with van der Waals surface area (Å²) in [5, 5.41) is 0. The molecule has 0 radical (unpaired) electrons. The SMILES string of the molecule is C=C(C)C(=O)OCCCCCCC. The lowest BCUT2D eigenvalue weighted by Gasteiger charge is -2.03. The molecule has 0 aliphatic rings. The number of hydrogen-bond donors (Lipinski definition) is 0. The number of unbranched alkanes of at least 4 members (excludes halogenated alkanes) is 4. The minimum atomic E-state index is -0.268. The van der Waals surface area contributed by atoms with E-state index in [1.165, 1.54) is 19.3 Å². The molecule has 0 rings (SSSR count). The summed E-state index contributed by atoms with van der Waals surface area (Å²) >= 11 is 0. The Morgan fingerprint density at radius 2 is 1.85 bits per heavy atom. The average Bonchev–Trinajstić information content (AvgIpc) is 2.10. The number of hydrogen-bond acceptors (Lipinski definition) is 2. The maximum absolute atomic E-state index is 10.9. The molecule has 2 heteroatoms. The Labute approximate surface area is 81.0 Å². The molecule has 0 heterocycles. The molecule has 0 amide bonds. The molecule has 2 nitrogen and oxygen atoms in total. The first-order chi connectivity index (χ1) is 6.18. The molecule has 0 N–H and O–H groups in total. The zero-order chi connectivity index (χ0) is 10.1. The standard InChI is InChI=1S/C11H20O2/c1-4-5-6-7-8-9-13-11(12)10(2)3/h2,4-9H2,1,3H3. The zero-order valence-corrected chi connectivity index (χ0v) is 8.77. The number of rotatable bonds is 7. The van der Waals surface area contributed by atoms with E-state index in [1.54, 1.807) is 6.92 Å². The predicted molar refractivity (Wildman–Crippen MR) is 54.5 cm³/mol. The van der Waals surface area contributed by atoms with Crippen LogP contribution in [-0.4, -0.2) is 12.6 Å². The van der Waals surface area contributed by atoms with Gasteiger partial charge in [-0.05, 0) is 13.3 Å². The molecule has 0 aliphatic carbocycles. The third kappa shape index (κ3) is 7.57. The van der Waals surface area contributed by atoms with Crippen LogP contribution in [0.5, 0.6) is 0 Å². The number of carbonyl (C=O) groups excluding carboxylic acids is 1. The quantitative estimate of drug-likeness (QED) is 0.345. The van der Waals surface area contributed by atoms with Crippen LogP contribution in [0.4, 0.5) is 0 Å². The van der Waals surface area contributed by atoms with Gasteiger partial charge in [0.05, 0.1) is 6.61 Å². The molecule has 0 spiro atoms. The van der Waals surface area contributed by atoms with Gasteiger partial charge in [0.1, 0.15) is 0 Å². The van der Waals surface area contributed by atoms with Gasteiger partial charge in [-0.15, -0.1) is 0 Å². The van der Waals surface area contributed by atoms with Crippen molar-refractivity contribution < 1.29 is 9.53 Å². The van der Waals surface area contributed by atoms with E-state index in [1.807, 2.05) is 0 Å². The summed E-state index contributed by atoms with van der Waals surface area (Å²) in [4.78, 5) is 10.9. The average molecular weight is 184 g/mol. The molecule has 0 saturated heterocycles. The molecule has 0 bridgehead atoms. The second kappa shape index (κ2) is 7.84. The third-order valence-electron chi connectivity index (χ3n) is 1.83. The van der Waals surface area contributed by atoms with Crippen LogP contribution in [0.25, 0.3) is 0 Å². The summed E-state index contributed by atoms with van der Waals surface area (Å²) in [6, 6.07) is 0. The first-order valence-electron chi connectivity index (χ1n) is 5.01. The first-order valence-corrected chi connectivity index (χ1v) is 5.01. The van der Waals surface area contributed by atoms with Crippen LogP contribution in [0.15, 0.2) is 12.2 Å². The summed E-state index contributed by atoms with van der Waals surface area (Å²) in [5.74, 6) is -0.268. The van der Waals surface area contributed by atoms with Crippen molar-refractivity contribution >= 4 is 5.97 Å². The van der Waals surface area contributed by atoms with E-state index >= 15 is 0 Å². The highest BCUT2D eigenvalue weighted by atomic mass is 16.5. The number of ether oxygens (including phenoxy) is 1. The van der Waals surface area contributed by atoms with E-state index in [0.29, 0.717) is 12.2 Å². The third-order valence-corrected chi connectivity index (χ3v) is 1.83. The molecule has 0 fully saturated rings. The van der Waals surface area contributed by atoms with Crippen LogP contribution in [-0.2, 0) is 9.53 Å². The molecule has 0 aromatic carbocycles. The normalized spacial score (nSPS) is 9.69. The highest BCUT2D eigenvalue weighted by Gasteiger charge is 2.01. The molecule has 76 valence electrons. The minimum Gasteiger partial charge on any atom is -0.462 e. The van der Waals surface area contributed by atoms with Gasteiger partial charge >= 0.3 is 5.97 Å². The van der Waals surface area contributed by atoms with Gasteiger partial charge in [-0.3, -0.25) is 0 Å². The molecular weight excluding hydrogens is 164 g/mol. The highest BCUT2D eigenvalue weighted by Crippen LogP contribution is 2.03. The van der Waals surface area contributed by atoms with Gasteiger partial charge in [-0.2, -0.15) is 0 Å². The van der Waals surface area contributed by atoms with Crippen molar-refractivity contribution in [1.29, 1.82) is 0 Å².